The molecule has 0 amide bonds. The van der Waals surface area contributed by atoms with Gasteiger partial charge in [0.2, 0.25) is 0 Å². The standard InChI is InChI=1S/C19H22F2N2O/c1-14(16-4-2-15(13-24)3-5-16)22-8-10-23(11-9-22)19-7-6-17(20)12-18(19)21/h2-7,12,14,24H,8-11,13H2,1H3/t14-/m1/s1. The summed E-state index contributed by atoms with van der Waals surface area (Å²) in [6.07, 6.45) is 0. The SMILES string of the molecule is C[C@H](c1ccc(CO)cc1)N1CCN(c2ccc(F)cc2F)CC1. The molecule has 1 aliphatic heterocycles. The predicted molar refractivity (Wildman–Crippen MR) is 90.9 cm³/mol. The molecule has 1 fully saturated rings. The van der Waals surface area contributed by atoms with Crippen LogP contribution in [0, 0.1) is 11.6 Å². The van der Waals surface area contributed by atoms with Gasteiger partial charge in [0.05, 0.1) is 12.3 Å². The fraction of sp³-hybridized carbons (Fsp3) is 0.368. The van der Waals surface area contributed by atoms with Crippen molar-refractivity contribution in [2.24, 2.45) is 0 Å². The number of hydrogen-bond donors (Lipinski definition) is 1. The van der Waals surface area contributed by atoms with E-state index in [0.29, 0.717) is 18.8 Å². The third-order valence-corrected chi connectivity index (χ3v) is 4.76. The molecule has 3 rings (SSSR count). The van der Waals surface area contributed by atoms with E-state index in [1.54, 1.807) is 0 Å². The molecule has 3 nitrogen and oxygen atoms in total. The topological polar surface area (TPSA) is 26.7 Å². The number of halogens is 2. The van der Waals surface area contributed by atoms with Crippen molar-refractivity contribution >= 4 is 5.69 Å². The number of benzene rings is 2. The van der Waals surface area contributed by atoms with Crippen LogP contribution in [0.5, 0.6) is 0 Å². The second-order valence-electron chi connectivity index (χ2n) is 6.19. The maximum Gasteiger partial charge on any atom is 0.149 e. The van der Waals surface area contributed by atoms with Crippen LogP contribution >= 0.6 is 0 Å². The zero-order valence-electron chi connectivity index (χ0n) is 13.8. The Balaban J connectivity index is 1.63. The Labute approximate surface area is 141 Å². The quantitative estimate of drug-likeness (QED) is 0.930. The summed E-state index contributed by atoms with van der Waals surface area (Å²) in [7, 11) is 0. The molecule has 0 saturated carbocycles. The van der Waals surface area contributed by atoms with Crippen molar-refractivity contribution in [2.75, 3.05) is 31.1 Å². The molecule has 0 unspecified atom stereocenters. The lowest BCUT2D eigenvalue weighted by Crippen LogP contribution is -2.47. The third kappa shape index (κ3) is 3.57. The molecular weight excluding hydrogens is 310 g/mol. The molecule has 0 aromatic heterocycles. The molecular formula is C19H22F2N2O. The van der Waals surface area contributed by atoms with E-state index in [9.17, 15) is 8.78 Å². The fourth-order valence-corrected chi connectivity index (χ4v) is 3.20. The maximum absolute atomic E-state index is 13.9. The molecule has 0 spiro atoms. The number of anilines is 1. The number of piperazine rings is 1. The van der Waals surface area contributed by atoms with Gasteiger partial charge in [-0.2, -0.15) is 0 Å². The lowest BCUT2D eigenvalue weighted by molar-refractivity contribution is 0.198. The first-order valence-electron chi connectivity index (χ1n) is 8.22. The van der Waals surface area contributed by atoms with Crippen molar-refractivity contribution in [3.8, 4) is 0 Å². The van der Waals surface area contributed by atoms with Gasteiger partial charge in [-0.05, 0) is 30.2 Å². The molecule has 2 aromatic carbocycles. The van der Waals surface area contributed by atoms with E-state index in [1.165, 1.54) is 17.7 Å². The number of aliphatic hydroxyl groups excluding tert-OH is 1. The molecule has 1 N–H and O–H groups in total. The van der Waals surface area contributed by atoms with Gasteiger partial charge in [0, 0.05) is 38.3 Å². The van der Waals surface area contributed by atoms with Gasteiger partial charge in [0.25, 0.3) is 0 Å². The molecule has 1 saturated heterocycles. The average molecular weight is 332 g/mol. The molecule has 1 aliphatic rings. The summed E-state index contributed by atoms with van der Waals surface area (Å²) in [6.45, 7) is 5.27. The monoisotopic (exact) mass is 332 g/mol. The summed E-state index contributed by atoms with van der Waals surface area (Å²) in [6, 6.07) is 12.0. The second kappa shape index (κ2) is 7.28. The third-order valence-electron chi connectivity index (χ3n) is 4.76. The minimum absolute atomic E-state index is 0.0522. The number of hydrogen-bond acceptors (Lipinski definition) is 3. The largest absolute Gasteiger partial charge is 0.392 e. The van der Waals surface area contributed by atoms with Crippen LogP contribution in [0.15, 0.2) is 42.5 Å². The lowest BCUT2D eigenvalue weighted by Gasteiger charge is -2.39. The van der Waals surface area contributed by atoms with E-state index in [2.05, 4.69) is 11.8 Å². The summed E-state index contributed by atoms with van der Waals surface area (Å²) in [5.41, 5.74) is 2.58. The summed E-state index contributed by atoms with van der Waals surface area (Å²) in [5, 5.41) is 9.12. The smallest absolute Gasteiger partial charge is 0.149 e. The molecule has 1 heterocycles. The minimum Gasteiger partial charge on any atom is -0.392 e. The second-order valence-corrected chi connectivity index (χ2v) is 6.19. The number of rotatable bonds is 4. The molecule has 24 heavy (non-hydrogen) atoms. The Morgan fingerprint density at radius 3 is 2.25 bits per heavy atom. The highest BCUT2D eigenvalue weighted by atomic mass is 19.1. The molecule has 5 heteroatoms. The average Bonchev–Trinajstić information content (AvgIpc) is 2.61. The Bertz CT molecular complexity index is 682. The normalized spacial score (nSPS) is 17.1. The van der Waals surface area contributed by atoms with E-state index < -0.39 is 11.6 Å². The van der Waals surface area contributed by atoms with Crippen molar-refractivity contribution in [1.82, 2.24) is 4.90 Å². The van der Waals surface area contributed by atoms with Gasteiger partial charge in [0.15, 0.2) is 0 Å². The lowest BCUT2D eigenvalue weighted by atomic mass is 10.0. The van der Waals surface area contributed by atoms with Crippen LogP contribution in [-0.4, -0.2) is 36.2 Å². The highest BCUT2D eigenvalue weighted by molar-refractivity contribution is 5.48. The van der Waals surface area contributed by atoms with Crippen molar-refractivity contribution in [2.45, 2.75) is 19.6 Å². The van der Waals surface area contributed by atoms with Crippen molar-refractivity contribution < 1.29 is 13.9 Å². The summed E-state index contributed by atoms with van der Waals surface area (Å²) >= 11 is 0. The van der Waals surface area contributed by atoms with Gasteiger partial charge in [-0.3, -0.25) is 4.90 Å². The van der Waals surface area contributed by atoms with E-state index >= 15 is 0 Å². The first kappa shape index (κ1) is 16.9. The van der Waals surface area contributed by atoms with Gasteiger partial charge < -0.3 is 10.0 Å². The van der Waals surface area contributed by atoms with Crippen molar-refractivity contribution in [1.29, 1.82) is 0 Å². The van der Waals surface area contributed by atoms with Crippen LogP contribution in [0.4, 0.5) is 14.5 Å². The van der Waals surface area contributed by atoms with Gasteiger partial charge in [-0.15, -0.1) is 0 Å². The Morgan fingerprint density at radius 2 is 1.67 bits per heavy atom. The summed E-state index contributed by atoms with van der Waals surface area (Å²) in [4.78, 5) is 4.32. The van der Waals surface area contributed by atoms with Crippen LogP contribution in [0.3, 0.4) is 0 Å². The maximum atomic E-state index is 13.9. The Morgan fingerprint density at radius 1 is 1.00 bits per heavy atom. The predicted octanol–water partition coefficient (Wildman–Crippen LogP) is 3.34. The fourth-order valence-electron chi connectivity index (χ4n) is 3.20. The number of nitrogens with zero attached hydrogens (tertiary/aromatic N) is 2. The van der Waals surface area contributed by atoms with E-state index in [-0.39, 0.29) is 12.6 Å². The minimum atomic E-state index is -0.546. The van der Waals surface area contributed by atoms with Crippen LogP contribution in [-0.2, 0) is 6.61 Å². The van der Waals surface area contributed by atoms with Gasteiger partial charge in [0.1, 0.15) is 11.6 Å². The Hall–Kier alpha value is -1.98. The number of aliphatic hydroxyl groups is 1. The highest BCUT2D eigenvalue weighted by Crippen LogP contribution is 2.26. The van der Waals surface area contributed by atoms with Gasteiger partial charge >= 0.3 is 0 Å². The van der Waals surface area contributed by atoms with Crippen molar-refractivity contribution in [3.63, 3.8) is 0 Å². The van der Waals surface area contributed by atoms with E-state index in [4.69, 9.17) is 5.11 Å². The van der Waals surface area contributed by atoms with Gasteiger partial charge in [-0.25, -0.2) is 8.78 Å². The zero-order valence-corrected chi connectivity index (χ0v) is 13.8. The zero-order chi connectivity index (χ0) is 17.1. The molecule has 1 atom stereocenters. The van der Waals surface area contributed by atoms with Crippen LogP contribution in [0.2, 0.25) is 0 Å². The molecule has 0 bridgehead atoms. The van der Waals surface area contributed by atoms with Crippen LogP contribution < -0.4 is 4.90 Å². The first-order chi connectivity index (χ1) is 11.6. The summed E-state index contributed by atoms with van der Waals surface area (Å²) < 4.78 is 27.0. The van der Waals surface area contributed by atoms with Crippen molar-refractivity contribution in [3.05, 3.63) is 65.2 Å². The Kier molecular flexibility index (Phi) is 5.11. The van der Waals surface area contributed by atoms with E-state index in [0.717, 1.165) is 24.7 Å². The molecule has 0 aliphatic carbocycles. The molecule has 128 valence electrons. The van der Waals surface area contributed by atoms with Crippen LogP contribution in [0.25, 0.3) is 0 Å². The summed E-state index contributed by atoms with van der Waals surface area (Å²) in [5.74, 6) is -1.05. The van der Waals surface area contributed by atoms with E-state index in [1.807, 2.05) is 29.2 Å². The first-order valence-corrected chi connectivity index (χ1v) is 8.22. The van der Waals surface area contributed by atoms with Crippen LogP contribution in [0.1, 0.15) is 24.1 Å². The van der Waals surface area contributed by atoms with Gasteiger partial charge in [-0.1, -0.05) is 24.3 Å². The highest BCUT2D eigenvalue weighted by Gasteiger charge is 2.23. The molecule has 2 aromatic rings. The molecule has 0 radical (unpaired) electrons.